The van der Waals surface area contributed by atoms with E-state index < -0.39 is 11.8 Å². The van der Waals surface area contributed by atoms with E-state index in [9.17, 15) is 9.18 Å². The van der Waals surface area contributed by atoms with Gasteiger partial charge in [0.2, 0.25) is 0 Å². The monoisotopic (exact) mass is 272 g/mol. The number of rotatable bonds is 2. The molecule has 0 atom stereocenters. The van der Waals surface area contributed by atoms with Gasteiger partial charge in [0.25, 0.3) is 0 Å². The number of aryl methyl sites for hydroxylation is 1. The Labute approximate surface area is 109 Å². The summed E-state index contributed by atoms with van der Waals surface area (Å²) in [4.78, 5) is 15.1. The van der Waals surface area contributed by atoms with Crippen LogP contribution in [0.1, 0.15) is 12.5 Å². The van der Waals surface area contributed by atoms with Crippen molar-refractivity contribution in [1.82, 2.24) is 5.32 Å². The van der Waals surface area contributed by atoms with Gasteiger partial charge in [-0.1, -0.05) is 18.5 Å². The van der Waals surface area contributed by atoms with Gasteiger partial charge in [0.05, 0.1) is 10.7 Å². The van der Waals surface area contributed by atoms with E-state index >= 15 is 0 Å². The Morgan fingerprint density at radius 2 is 2.22 bits per heavy atom. The van der Waals surface area contributed by atoms with E-state index in [1.165, 1.54) is 13.1 Å². The summed E-state index contributed by atoms with van der Waals surface area (Å²) in [5, 5.41) is 4.94. The van der Waals surface area contributed by atoms with Crippen LogP contribution in [0, 0.1) is 5.82 Å². The molecule has 0 saturated heterocycles. The first-order valence-corrected chi connectivity index (χ1v) is 5.63. The summed E-state index contributed by atoms with van der Waals surface area (Å²) < 4.78 is 13.1. The first kappa shape index (κ1) is 14.2. The van der Waals surface area contributed by atoms with Crippen LogP contribution < -0.4 is 16.4 Å². The van der Waals surface area contributed by atoms with Gasteiger partial charge in [0.15, 0.2) is 5.96 Å². The maximum atomic E-state index is 13.1. The zero-order valence-corrected chi connectivity index (χ0v) is 10.8. The molecule has 0 aliphatic heterocycles. The zero-order chi connectivity index (χ0) is 13.7. The predicted octanol–water partition coefficient (Wildman–Crippen LogP) is 2.11. The highest BCUT2D eigenvalue weighted by Crippen LogP contribution is 2.27. The van der Waals surface area contributed by atoms with E-state index in [0.29, 0.717) is 17.7 Å². The summed E-state index contributed by atoms with van der Waals surface area (Å²) >= 11 is 5.88. The molecular formula is C11H14ClFN4O. The Balaban J connectivity index is 2.93. The molecule has 1 rings (SSSR count). The quantitative estimate of drug-likeness (QED) is 0.569. The third kappa shape index (κ3) is 3.59. The van der Waals surface area contributed by atoms with Crippen molar-refractivity contribution in [3.05, 3.63) is 28.5 Å². The fourth-order valence-corrected chi connectivity index (χ4v) is 1.64. The molecule has 1 aromatic carbocycles. The van der Waals surface area contributed by atoms with E-state index in [-0.39, 0.29) is 11.0 Å². The molecule has 0 spiro atoms. The van der Waals surface area contributed by atoms with Gasteiger partial charge in [-0.15, -0.1) is 0 Å². The largest absolute Gasteiger partial charge is 0.370 e. The topological polar surface area (TPSA) is 79.5 Å². The average molecular weight is 273 g/mol. The van der Waals surface area contributed by atoms with Crippen molar-refractivity contribution in [2.24, 2.45) is 10.7 Å². The van der Waals surface area contributed by atoms with E-state index in [0.717, 1.165) is 6.07 Å². The van der Waals surface area contributed by atoms with Crippen molar-refractivity contribution >= 4 is 29.3 Å². The molecule has 18 heavy (non-hydrogen) atoms. The molecular weight excluding hydrogens is 259 g/mol. The van der Waals surface area contributed by atoms with Gasteiger partial charge in [-0.3, -0.25) is 10.3 Å². The van der Waals surface area contributed by atoms with E-state index in [1.807, 2.05) is 6.92 Å². The van der Waals surface area contributed by atoms with E-state index in [2.05, 4.69) is 15.6 Å². The summed E-state index contributed by atoms with van der Waals surface area (Å²) in [6, 6.07) is 1.87. The molecule has 0 aliphatic carbocycles. The molecule has 2 amide bonds. The maximum absolute atomic E-state index is 13.1. The van der Waals surface area contributed by atoms with Crippen LogP contribution in [0.2, 0.25) is 5.02 Å². The SMILES string of the molecule is CCc1cc(F)cc(Cl)c1NC(=O)NC(N)=NC. The number of benzene rings is 1. The molecule has 0 fully saturated rings. The van der Waals surface area contributed by atoms with Crippen molar-refractivity contribution in [3.63, 3.8) is 0 Å². The van der Waals surface area contributed by atoms with Crippen molar-refractivity contribution in [2.45, 2.75) is 13.3 Å². The number of urea groups is 1. The number of halogens is 2. The lowest BCUT2D eigenvalue weighted by Crippen LogP contribution is -2.39. The maximum Gasteiger partial charge on any atom is 0.326 e. The van der Waals surface area contributed by atoms with Gasteiger partial charge in [-0.25, -0.2) is 9.18 Å². The Hall–Kier alpha value is -1.82. The minimum atomic E-state index is -0.582. The third-order valence-electron chi connectivity index (χ3n) is 2.24. The van der Waals surface area contributed by atoms with Gasteiger partial charge in [-0.05, 0) is 24.1 Å². The molecule has 0 radical (unpaired) electrons. The van der Waals surface area contributed by atoms with Crippen LogP contribution in [0.15, 0.2) is 17.1 Å². The minimum Gasteiger partial charge on any atom is -0.370 e. The lowest BCUT2D eigenvalue weighted by molar-refractivity contribution is 0.256. The van der Waals surface area contributed by atoms with E-state index in [1.54, 1.807) is 0 Å². The second-order valence-corrected chi connectivity index (χ2v) is 3.87. The standard InChI is InChI=1S/C11H14ClFN4O/c1-3-6-4-7(13)5-8(12)9(6)16-11(18)17-10(14)15-2/h4-5H,3H2,1-2H3,(H4,14,15,16,17,18). The summed E-state index contributed by atoms with van der Waals surface area (Å²) in [6.45, 7) is 1.83. The Morgan fingerprint density at radius 3 is 2.78 bits per heavy atom. The molecule has 0 unspecified atom stereocenters. The van der Waals surface area contributed by atoms with Crippen molar-refractivity contribution < 1.29 is 9.18 Å². The van der Waals surface area contributed by atoms with Crippen LogP contribution in [-0.4, -0.2) is 19.0 Å². The fraction of sp³-hybridized carbons (Fsp3) is 0.273. The van der Waals surface area contributed by atoms with Gasteiger partial charge in [0, 0.05) is 7.05 Å². The molecule has 0 heterocycles. The van der Waals surface area contributed by atoms with Gasteiger partial charge < -0.3 is 11.1 Å². The number of amides is 2. The average Bonchev–Trinajstić information content (AvgIpc) is 2.31. The summed E-state index contributed by atoms with van der Waals surface area (Å²) in [7, 11) is 1.44. The van der Waals surface area contributed by atoms with Crippen LogP contribution >= 0.6 is 11.6 Å². The lowest BCUT2D eigenvalue weighted by Gasteiger charge is -2.12. The molecule has 5 nitrogen and oxygen atoms in total. The lowest BCUT2D eigenvalue weighted by atomic mass is 10.1. The molecule has 98 valence electrons. The number of hydrogen-bond acceptors (Lipinski definition) is 2. The number of hydrogen-bond donors (Lipinski definition) is 3. The number of carbonyl (C=O) groups excluding carboxylic acids is 1. The Bertz CT molecular complexity index is 490. The minimum absolute atomic E-state index is 0.0243. The van der Waals surface area contributed by atoms with Gasteiger partial charge in [0.1, 0.15) is 5.82 Å². The van der Waals surface area contributed by atoms with Crippen molar-refractivity contribution in [2.75, 3.05) is 12.4 Å². The number of carbonyl (C=O) groups is 1. The van der Waals surface area contributed by atoms with Crippen LogP contribution in [0.3, 0.4) is 0 Å². The number of aliphatic imine (C=N–C) groups is 1. The summed E-state index contributed by atoms with van der Waals surface area (Å²) in [5.74, 6) is -0.471. The number of nitrogens with one attached hydrogen (secondary N) is 2. The summed E-state index contributed by atoms with van der Waals surface area (Å²) in [6.07, 6.45) is 0.532. The highest BCUT2D eigenvalue weighted by molar-refractivity contribution is 6.34. The van der Waals surface area contributed by atoms with Crippen molar-refractivity contribution in [1.29, 1.82) is 0 Å². The van der Waals surface area contributed by atoms with Crippen LogP contribution in [0.25, 0.3) is 0 Å². The van der Waals surface area contributed by atoms with Crippen molar-refractivity contribution in [3.8, 4) is 0 Å². The van der Waals surface area contributed by atoms with Crippen LogP contribution in [0.4, 0.5) is 14.9 Å². The molecule has 4 N–H and O–H groups in total. The predicted molar refractivity (Wildman–Crippen MR) is 70.5 cm³/mol. The molecule has 0 saturated carbocycles. The zero-order valence-electron chi connectivity index (χ0n) is 10.1. The molecule has 0 aromatic heterocycles. The number of anilines is 1. The summed E-state index contributed by atoms with van der Waals surface area (Å²) in [5.41, 5.74) is 6.31. The third-order valence-corrected chi connectivity index (χ3v) is 2.54. The highest BCUT2D eigenvalue weighted by Gasteiger charge is 2.12. The van der Waals surface area contributed by atoms with E-state index in [4.69, 9.17) is 17.3 Å². The fourth-order valence-electron chi connectivity index (χ4n) is 1.36. The normalized spacial score (nSPS) is 11.2. The number of guanidine groups is 1. The van der Waals surface area contributed by atoms with Gasteiger partial charge in [-0.2, -0.15) is 0 Å². The smallest absolute Gasteiger partial charge is 0.326 e. The molecule has 1 aromatic rings. The van der Waals surface area contributed by atoms with Gasteiger partial charge >= 0.3 is 6.03 Å². The van der Waals surface area contributed by atoms with Crippen LogP contribution in [-0.2, 0) is 6.42 Å². The number of nitrogens with two attached hydrogens (primary N) is 1. The molecule has 0 aliphatic rings. The number of nitrogens with zero attached hydrogens (tertiary/aromatic N) is 1. The second kappa shape index (κ2) is 6.20. The first-order valence-electron chi connectivity index (χ1n) is 5.26. The second-order valence-electron chi connectivity index (χ2n) is 3.46. The Morgan fingerprint density at radius 1 is 1.56 bits per heavy atom. The van der Waals surface area contributed by atoms with Crippen LogP contribution in [0.5, 0.6) is 0 Å². The highest BCUT2D eigenvalue weighted by atomic mass is 35.5. The Kier molecular flexibility index (Phi) is 4.91. The first-order chi connectivity index (χ1) is 8.47. The molecule has 0 bridgehead atoms. The molecule has 7 heteroatoms.